The van der Waals surface area contributed by atoms with Gasteiger partial charge in [0.05, 0.1) is 6.10 Å². The van der Waals surface area contributed by atoms with Crippen LogP contribution in [0.4, 0.5) is 0 Å². The molecule has 2 heterocycles. The molecule has 0 aliphatic carbocycles. The van der Waals surface area contributed by atoms with E-state index in [0.717, 1.165) is 19.4 Å². The van der Waals surface area contributed by atoms with E-state index in [1.54, 1.807) is 18.3 Å². The zero-order valence-electron chi connectivity index (χ0n) is 9.89. The van der Waals surface area contributed by atoms with E-state index in [0.29, 0.717) is 16.9 Å². The molecule has 0 aromatic carbocycles. The Morgan fingerprint density at radius 2 is 2.56 bits per heavy atom. The van der Waals surface area contributed by atoms with Crippen molar-refractivity contribution < 1.29 is 14.3 Å². The largest absolute Gasteiger partial charge is 0.481 e. The van der Waals surface area contributed by atoms with Gasteiger partial charge in [-0.2, -0.15) is 0 Å². The Morgan fingerprint density at radius 1 is 1.67 bits per heavy atom. The standard InChI is InChI=1S/C12H15BrN2O3/c13-12-10(4-1-5-14-12)18-8-11(16)15-7-9-3-2-6-17-9/h1,4-5,9H,2-3,6-8H2,(H,15,16). The third-order valence-electron chi connectivity index (χ3n) is 2.63. The molecule has 2 rings (SSSR count). The number of aromatic nitrogens is 1. The second-order valence-corrected chi connectivity index (χ2v) is 4.77. The lowest BCUT2D eigenvalue weighted by Crippen LogP contribution is -2.35. The Morgan fingerprint density at radius 3 is 3.28 bits per heavy atom. The first kappa shape index (κ1) is 13.3. The minimum absolute atomic E-state index is 0.0169. The van der Waals surface area contributed by atoms with Crippen molar-refractivity contribution in [2.45, 2.75) is 18.9 Å². The summed E-state index contributed by atoms with van der Waals surface area (Å²) in [7, 11) is 0. The number of halogens is 1. The SMILES string of the molecule is O=C(COc1cccnc1Br)NCC1CCCO1. The van der Waals surface area contributed by atoms with Gasteiger partial charge in [0.1, 0.15) is 4.60 Å². The molecule has 5 nitrogen and oxygen atoms in total. The van der Waals surface area contributed by atoms with E-state index in [1.807, 2.05) is 0 Å². The Bertz CT molecular complexity index is 408. The summed E-state index contributed by atoms with van der Waals surface area (Å²) in [6.07, 6.45) is 3.88. The van der Waals surface area contributed by atoms with E-state index in [2.05, 4.69) is 26.2 Å². The van der Waals surface area contributed by atoms with Crippen molar-refractivity contribution in [2.75, 3.05) is 19.8 Å². The number of carbonyl (C=O) groups is 1. The number of amides is 1. The molecule has 1 fully saturated rings. The summed E-state index contributed by atoms with van der Waals surface area (Å²) in [6.45, 7) is 1.33. The van der Waals surface area contributed by atoms with Gasteiger partial charge in [0.15, 0.2) is 12.4 Å². The first-order chi connectivity index (χ1) is 8.75. The summed E-state index contributed by atoms with van der Waals surface area (Å²) in [6, 6.07) is 3.51. The summed E-state index contributed by atoms with van der Waals surface area (Å²) in [4.78, 5) is 15.6. The molecule has 18 heavy (non-hydrogen) atoms. The number of hydrogen-bond acceptors (Lipinski definition) is 4. The van der Waals surface area contributed by atoms with Gasteiger partial charge in [-0.3, -0.25) is 4.79 Å². The maximum Gasteiger partial charge on any atom is 0.258 e. The van der Waals surface area contributed by atoms with Crippen molar-refractivity contribution in [1.82, 2.24) is 10.3 Å². The molecule has 1 N–H and O–H groups in total. The van der Waals surface area contributed by atoms with Gasteiger partial charge in [-0.15, -0.1) is 0 Å². The van der Waals surface area contributed by atoms with Gasteiger partial charge in [0, 0.05) is 19.3 Å². The van der Waals surface area contributed by atoms with Crippen LogP contribution in [0.15, 0.2) is 22.9 Å². The lowest BCUT2D eigenvalue weighted by atomic mass is 10.2. The summed E-state index contributed by atoms with van der Waals surface area (Å²) in [5, 5.41) is 2.79. The van der Waals surface area contributed by atoms with Crippen LogP contribution in [0, 0.1) is 0 Å². The van der Waals surface area contributed by atoms with Gasteiger partial charge in [-0.05, 0) is 40.9 Å². The van der Waals surface area contributed by atoms with Crippen molar-refractivity contribution in [3.05, 3.63) is 22.9 Å². The number of rotatable bonds is 5. The molecule has 6 heteroatoms. The van der Waals surface area contributed by atoms with Gasteiger partial charge in [-0.25, -0.2) is 4.98 Å². The number of pyridine rings is 1. The third kappa shape index (κ3) is 3.96. The molecule has 1 amide bonds. The number of nitrogens with one attached hydrogen (secondary N) is 1. The Balaban J connectivity index is 1.69. The molecule has 98 valence electrons. The first-order valence-electron chi connectivity index (χ1n) is 5.87. The van der Waals surface area contributed by atoms with Crippen molar-refractivity contribution in [3.63, 3.8) is 0 Å². The van der Waals surface area contributed by atoms with Crippen molar-refractivity contribution in [2.24, 2.45) is 0 Å². The number of ether oxygens (including phenoxy) is 2. The molecular formula is C12H15BrN2O3. The minimum Gasteiger partial charge on any atom is -0.481 e. The summed E-state index contributed by atoms with van der Waals surface area (Å²) in [5.74, 6) is 0.408. The highest BCUT2D eigenvalue weighted by atomic mass is 79.9. The quantitative estimate of drug-likeness (QED) is 0.837. The van der Waals surface area contributed by atoms with Gasteiger partial charge in [0.25, 0.3) is 5.91 Å². The lowest BCUT2D eigenvalue weighted by Gasteiger charge is -2.11. The number of nitrogens with zero attached hydrogens (tertiary/aromatic N) is 1. The average Bonchev–Trinajstić information content (AvgIpc) is 2.88. The Labute approximate surface area is 114 Å². The predicted octanol–water partition coefficient (Wildman–Crippen LogP) is 1.52. The molecule has 1 saturated heterocycles. The van der Waals surface area contributed by atoms with Gasteiger partial charge in [-0.1, -0.05) is 0 Å². The molecule has 0 saturated carbocycles. The number of carbonyl (C=O) groups excluding carboxylic acids is 1. The molecule has 1 atom stereocenters. The molecule has 1 aliphatic heterocycles. The van der Waals surface area contributed by atoms with Crippen molar-refractivity contribution in [3.8, 4) is 5.75 Å². The number of hydrogen-bond donors (Lipinski definition) is 1. The van der Waals surface area contributed by atoms with Gasteiger partial charge in [0.2, 0.25) is 0 Å². The van der Waals surface area contributed by atoms with Crippen LogP contribution in [-0.4, -0.2) is 36.8 Å². The third-order valence-corrected chi connectivity index (χ3v) is 3.23. The molecular weight excluding hydrogens is 300 g/mol. The first-order valence-corrected chi connectivity index (χ1v) is 6.66. The minimum atomic E-state index is -0.152. The average molecular weight is 315 g/mol. The second-order valence-electron chi connectivity index (χ2n) is 4.02. The molecule has 0 spiro atoms. The predicted molar refractivity (Wildman–Crippen MR) is 69.4 cm³/mol. The fourth-order valence-electron chi connectivity index (χ4n) is 1.71. The molecule has 1 aromatic heterocycles. The molecule has 1 aromatic rings. The van der Waals surface area contributed by atoms with E-state index < -0.39 is 0 Å². The molecule has 0 bridgehead atoms. The topological polar surface area (TPSA) is 60.5 Å². The zero-order chi connectivity index (χ0) is 12.8. The van der Waals surface area contributed by atoms with Crippen LogP contribution in [0.5, 0.6) is 5.75 Å². The van der Waals surface area contributed by atoms with Crippen molar-refractivity contribution in [1.29, 1.82) is 0 Å². The lowest BCUT2D eigenvalue weighted by molar-refractivity contribution is -0.123. The fourth-order valence-corrected chi connectivity index (χ4v) is 2.07. The van der Waals surface area contributed by atoms with Crippen LogP contribution >= 0.6 is 15.9 Å². The smallest absolute Gasteiger partial charge is 0.258 e. The van der Waals surface area contributed by atoms with Crippen molar-refractivity contribution >= 4 is 21.8 Å². The van der Waals surface area contributed by atoms with E-state index in [1.165, 1.54) is 0 Å². The Hall–Kier alpha value is -1.14. The monoisotopic (exact) mass is 314 g/mol. The summed E-state index contributed by atoms with van der Waals surface area (Å²) >= 11 is 3.25. The van der Waals surface area contributed by atoms with E-state index in [9.17, 15) is 4.79 Å². The summed E-state index contributed by atoms with van der Waals surface area (Å²) < 4.78 is 11.4. The van der Waals surface area contributed by atoms with Gasteiger partial charge < -0.3 is 14.8 Å². The van der Waals surface area contributed by atoms with E-state index in [-0.39, 0.29) is 18.6 Å². The van der Waals surface area contributed by atoms with Crippen LogP contribution in [0.2, 0.25) is 0 Å². The highest BCUT2D eigenvalue weighted by Gasteiger charge is 2.16. The second kappa shape index (κ2) is 6.70. The zero-order valence-corrected chi connectivity index (χ0v) is 11.5. The highest BCUT2D eigenvalue weighted by molar-refractivity contribution is 9.10. The normalized spacial score (nSPS) is 18.6. The molecule has 1 unspecified atom stereocenters. The van der Waals surface area contributed by atoms with Gasteiger partial charge >= 0.3 is 0 Å². The van der Waals surface area contributed by atoms with Crippen LogP contribution in [0.3, 0.4) is 0 Å². The maximum absolute atomic E-state index is 11.6. The molecule has 0 radical (unpaired) electrons. The summed E-state index contributed by atoms with van der Waals surface area (Å²) in [5.41, 5.74) is 0. The van der Waals surface area contributed by atoms with E-state index >= 15 is 0 Å². The van der Waals surface area contributed by atoms with Crippen LogP contribution in [-0.2, 0) is 9.53 Å². The van der Waals surface area contributed by atoms with Crippen LogP contribution in [0.1, 0.15) is 12.8 Å². The van der Waals surface area contributed by atoms with Crippen LogP contribution in [0.25, 0.3) is 0 Å². The molecule has 1 aliphatic rings. The van der Waals surface area contributed by atoms with E-state index in [4.69, 9.17) is 9.47 Å². The Kier molecular flexibility index (Phi) is 4.95. The van der Waals surface area contributed by atoms with Crippen LogP contribution < -0.4 is 10.1 Å². The fraction of sp³-hybridized carbons (Fsp3) is 0.500. The highest BCUT2D eigenvalue weighted by Crippen LogP contribution is 2.20. The maximum atomic E-state index is 11.6.